The largest absolute Gasteiger partial charge is 0.449 e. The lowest BCUT2D eigenvalue weighted by molar-refractivity contribution is -0.123. The number of anilines is 1. The zero-order valence-corrected chi connectivity index (χ0v) is 13.1. The first kappa shape index (κ1) is 16.0. The number of hydrogen-bond acceptors (Lipinski definition) is 5. The molecule has 1 N–H and O–H groups in total. The molecule has 1 aromatic carbocycles. The predicted molar refractivity (Wildman–Crippen MR) is 80.9 cm³/mol. The average Bonchev–Trinajstić information content (AvgIpc) is 2.80. The summed E-state index contributed by atoms with van der Waals surface area (Å²) >= 11 is 5.96. The highest BCUT2D eigenvalue weighted by molar-refractivity contribution is 6.33. The van der Waals surface area contributed by atoms with Crippen molar-refractivity contribution in [2.45, 2.75) is 26.9 Å². The second-order valence-electron chi connectivity index (χ2n) is 4.72. The maximum atomic E-state index is 12.1. The highest BCUT2D eigenvalue weighted by atomic mass is 35.5. The number of para-hydroxylation sites is 1. The van der Waals surface area contributed by atoms with E-state index in [4.69, 9.17) is 20.9 Å². The standard InChI is InChI=1S/C15H15ClN2O4/c1-8-13(9(2)22-18-8)15(20)21-10(3)14(19)17-12-7-5-4-6-11(12)16/h4-7,10H,1-3H3,(H,17,19)/t10-/m1/s1. The zero-order chi connectivity index (χ0) is 16.3. The molecular formula is C15H15ClN2O4. The molecule has 1 atom stereocenters. The van der Waals surface area contributed by atoms with Gasteiger partial charge in [0.15, 0.2) is 6.10 Å². The van der Waals surface area contributed by atoms with Gasteiger partial charge in [0.2, 0.25) is 0 Å². The smallest absolute Gasteiger partial charge is 0.344 e. The molecule has 0 radical (unpaired) electrons. The molecule has 1 amide bonds. The van der Waals surface area contributed by atoms with Gasteiger partial charge in [-0.2, -0.15) is 0 Å². The number of esters is 1. The van der Waals surface area contributed by atoms with Gasteiger partial charge in [0.1, 0.15) is 11.3 Å². The minimum atomic E-state index is -0.988. The van der Waals surface area contributed by atoms with E-state index in [-0.39, 0.29) is 5.56 Å². The van der Waals surface area contributed by atoms with Crippen molar-refractivity contribution in [1.82, 2.24) is 5.16 Å². The van der Waals surface area contributed by atoms with E-state index in [1.807, 2.05) is 0 Å². The van der Waals surface area contributed by atoms with E-state index < -0.39 is 18.0 Å². The third-order valence-corrected chi connectivity index (χ3v) is 3.35. The Morgan fingerprint density at radius 2 is 2.00 bits per heavy atom. The Balaban J connectivity index is 2.03. The molecule has 0 unspecified atom stereocenters. The van der Waals surface area contributed by atoms with Crippen LogP contribution in [-0.2, 0) is 9.53 Å². The maximum absolute atomic E-state index is 12.1. The van der Waals surface area contributed by atoms with Gasteiger partial charge < -0.3 is 14.6 Å². The van der Waals surface area contributed by atoms with Gasteiger partial charge >= 0.3 is 5.97 Å². The monoisotopic (exact) mass is 322 g/mol. The Morgan fingerprint density at radius 3 is 2.59 bits per heavy atom. The van der Waals surface area contributed by atoms with E-state index in [9.17, 15) is 9.59 Å². The van der Waals surface area contributed by atoms with Crippen molar-refractivity contribution in [3.8, 4) is 0 Å². The molecule has 0 saturated carbocycles. The van der Waals surface area contributed by atoms with Crippen LogP contribution < -0.4 is 5.32 Å². The number of aromatic nitrogens is 1. The molecule has 7 heteroatoms. The molecule has 0 bridgehead atoms. The van der Waals surface area contributed by atoms with Crippen LogP contribution >= 0.6 is 11.6 Å². The van der Waals surface area contributed by atoms with E-state index in [0.717, 1.165) is 0 Å². The topological polar surface area (TPSA) is 81.4 Å². The lowest BCUT2D eigenvalue weighted by Gasteiger charge is -2.14. The third kappa shape index (κ3) is 3.46. The summed E-state index contributed by atoms with van der Waals surface area (Å²) in [6.45, 7) is 4.70. The summed E-state index contributed by atoms with van der Waals surface area (Å²) in [5.74, 6) is -0.785. The van der Waals surface area contributed by atoms with Crippen LogP contribution in [0.2, 0.25) is 5.02 Å². The summed E-state index contributed by atoms with van der Waals surface area (Å²) in [5.41, 5.74) is 1.10. The Morgan fingerprint density at radius 1 is 1.32 bits per heavy atom. The van der Waals surface area contributed by atoms with Crippen molar-refractivity contribution in [3.05, 3.63) is 46.3 Å². The number of aryl methyl sites for hydroxylation is 2. The summed E-state index contributed by atoms with van der Waals surface area (Å²) in [5, 5.41) is 6.68. The highest BCUT2D eigenvalue weighted by Gasteiger charge is 2.24. The number of carbonyl (C=O) groups is 2. The summed E-state index contributed by atoms with van der Waals surface area (Å²) in [4.78, 5) is 24.1. The molecule has 6 nitrogen and oxygen atoms in total. The first-order valence-corrected chi connectivity index (χ1v) is 6.97. The summed E-state index contributed by atoms with van der Waals surface area (Å²) in [6, 6.07) is 6.79. The fourth-order valence-electron chi connectivity index (χ4n) is 1.84. The number of halogens is 1. The number of nitrogens with zero attached hydrogens (tertiary/aromatic N) is 1. The van der Waals surface area contributed by atoms with Gasteiger partial charge in [0.25, 0.3) is 5.91 Å². The first-order valence-electron chi connectivity index (χ1n) is 6.59. The van der Waals surface area contributed by atoms with Gasteiger partial charge in [-0.05, 0) is 32.9 Å². The molecular weight excluding hydrogens is 308 g/mol. The number of carbonyl (C=O) groups excluding carboxylic acids is 2. The zero-order valence-electron chi connectivity index (χ0n) is 12.3. The van der Waals surface area contributed by atoms with Gasteiger partial charge in [-0.1, -0.05) is 28.9 Å². The average molecular weight is 323 g/mol. The van der Waals surface area contributed by atoms with Gasteiger partial charge in [-0.25, -0.2) is 4.79 Å². The Kier molecular flexibility index (Phi) is 4.82. The molecule has 22 heavy (non-hydrogen) atoms. The van der Waals surface area contributed by atoms with Crippen molar-refractivity contribution in [1.29, 1.82) is 0 Å². The fraction of sp³-hybridized carbons (Fsp3) is 0.267. The third-order valence-electron chi connectivity index (χ3n) is 3.02. The van der Waals surface area contributed by atoms with Crippen LogP contribution in [-0.4, -0.2) is 23.1 Å². The molecule has 0 aliphatic rings. The number of hydrogen-bond donors (Lipinski definition) is 1. The van der Waals surface area contributed by atoms with Crippen LogP contribution in [0.3, 0.4) is 0 Å². The highest BCUT2D eigenvalue weighted by Crippen LogP contribution is 2.21. The number of ether oxygens (including phenoxy) is 1. The number of amides is 1. The van der Waals surface area contributed by atoms with Crippen LogP contribution in [0.25, 0.3) is 0 Å². The number of nitrogens with one attached hydrogen (secondary N) is 1. The van der Waals surface area contributed by atoms with Crippen molar-refractivity contribution < 1.29 is 18.8 Å². The minimum absolute atomic E-state index is 0.234. The number of benzene rings is 1. The second-order valence-corrected chi connectivity index (χ2v) is 5.12. The van der Waals surface area contributed by atoms with Gasteiger partial charge in [0, 0.05) is 0 Å². The van der Waals surface area contributed by atoms with E-state index in [1.54, 1.807) is 38.1 Å². The Bertz CT molecular complexity index is 692. The molecule has 1 aromatic heterocycles. The fourth-order valence-corrected chi connectivity index (χ4v) is 2.03. The normalized spacial score (nSPS) is 11.8. The van der Waals surface area contributed by atoms with Crippen LogP contribution in [0.5, 0.6) is 0 Å². The maximum Gasteiger partial charge on any atom is 0.344 e. The molecule has 0 aliphatic heterocycles. The van der Waals surface area contributed by atoms with Crippen molar-refractivity contribution in [2.75, 3.05) is 5.32 Å². The van der Waals surface area contributed by atoms with E-state index in [1.165, 1.54) is 6.92 Å². The lowest BCUT2D eigenvalue weighted by Crippen LogP contribution is -2.30. The molecule has 1 heterocycles. The van der Waals surface area contributed by atoms with Crippen molar-refractivity contribution in [2.24, 2.45) is 0 Å². The second kappa shape index (κ2) is 6.62. The predicted octanol–water partition coefficient (Wildman–Crippen LogP) is 3.13. The van der Waals surface area contributed by atoms with Gasteiger partial charge in [-0.3, -0.25) is 4.79 Å². The summed E-state index contributed by atoms with van der Waals surface area (Å²) in [6.07, 6.45) is -0.988. The van der Waals surface area contributed by atoms with Crippen molar-refractivity contribution >= 4 is 29.2 Å². The van der Waals surface area contributed by atoms with Crippen LogP contribution in [0, 0.1) is 13.8 Å². The van der Waals surface area contributed by atoms with E-state index in [0.29, 0.717) is 22.2 Å². The molecule has 0 saturated heterocycles. The minimum Gasteiger partial charge on any atom is -0.449 e. The van der Waals surface area contributed by atoms with Crippen LogP contribution in [0.15, 0.2) is 28.8 Å². The number of rotatable bonds is 4. The van der Waals surface area contributed by atoms with E-state index in [2.05, 4.69) is 10.5 Å². The molecule has 2 aromatic rings. The summed E-state index contributed by atoms with van der Waals surface area (Å²) in [7, 11) is 0. The quantitative estimate of drug-likeness (QED) is 0.874. The molecule has 0 aliphatic carbocycles. The van der Waals surface area contributed by atoms with E-state index >= 15 is 0 Å². The first-order chi connectivity index (χ1) is 10.4. The van der Waals surface area contributed by atoms with Gasteiger partial charge in [-0.15, -0.1) is 0 Å². The van der Waals surface area contributed by atoms with Crippen LogP contribution in [0.1, 0.15) is 28.7 Å². The Labute approximate surface area is 132 Å². The molecule has 0 spiro atoms. The van der Waals surface area contributed by atoms with Gasteiger partial charge in [0.05, 0.1) is 16.4 Å². The lowest BCUT2D eigenvalue weighted by atomic mass is 10.2. The summed E-state index contributed by atoms with van der Waals surface area (Å²) < 4.78 is 10.0. The van der Waals surface area contributed by atoms with Crippen molar-refractivity contribution in [3.63, 3.8) is 0 Å². The Hall–Kier alpha value is -2.34. The molecule has 0 fully saturated rings. The molecule has 116 valence electrons. The SMILES string of the molecule is Cc1noc(C)c1C(=O)O[C@H](C)C(=O)Nc1ccccc1Cl. The molecule has 2 rings (SSSR count). The van der Waals surface area contributed by atoms with Crippen LogP contribution in [0.4, 0.5) is 5.69 Å².